The summed E-state index contributed by atoms with van der Waals surface area (Å²) in [6, 6.07) is 0. The lowest BCUT2D eigenvalue weighted by molar-refractivity contribution is -0.306. The average Bonchev–Trinajstić information content (AvgIpc) is 2.53. The highest BCUT2D eigenvalue weighted by Crippen LogP contribution is 2.11. The zero-order chi connectivity index (χ0) is 17.0. The molecular weight excluding hydrogens is 286 g/mol. The molecule has 3 heteroatoms. The van der Waals surface area contributed by atoms with Gasteiger partial charge in [0.05, 0.1) is 6.54 Å². The highest BCUT2D eigenvalue weighted by atomic mass is 16.8. The summed E-state index contributed by atoms with van der Waals surface area (Å²) >= 11 is 0. The zero-order valence-corrected chi connectivity index (χ0v) is 15.5. The minimum Gasteiger partial charge on any atom is -0.290 e. The summed E-state index contributed by atoms with van der Waals surface area (Å²) in [5.74, 6) is 0. The van der Waals surface area contributed by atoms with Crippen molar-refractivity contribution in [3.63, 3.8) is 0 Å². The van der Waals surface area contributed by atoms with Gasteiger partial charge in [-0.1, -0.05) is 94.9 Å². The van der Waals surface area contributed by atoms with Crippen molar-refractivity contribution in [2.24, 2.45) is 0 Å². The number of hydroxylamine groups is 2. The van der Waals surface area contributed by atoms with Gasteiger partial charge in [-0.25, -0.2) is 0 Å². The number of nitrogens with zero attached hydrogens (tertiary/aromatic N) is 1. The van der Waals surface area contributed by atoms with Crippen LogP contribution < -0.4 is 0 Å². The Morgan fingerprint density at radius 3 is 1.39 bits per heavy atom. The van der Waals surface area contributed by atoms with E-state index in [1.54, 1.807) is 0 Å². The Morgan fingerprint density at radius 1 is 0.565 bits per heavy atom. The number of hydrogen-bond donors (Lipinski definition) is 2. The molecule has 0 radical (unpaired) electrons. The molecule has 0 fully saturated rings. The summed E-state index contributed by atoms with van der Waals surface area (Å²) in [6.07, 6.45) is 25.4. The second-order valence-corrected chi connectivity index (χ2v) is 6.74. The van der Waals surface area contributed by atoms with Gasteiger partial charge in [0.1, 0.15) is 0 Å². The van der Waals surface area contributed by atoms with E-state index in [1.807, 2.05) is 0 Å². The van der Waals surface area contributed by atoms with Crippen LogP contribution >= 0.6 is 0 Å². The predicted molar refractivity (Wildman–Crippen MR) is 99.0 cm³/mol. The van der Waals surface area contributed by atoms with E-state index in [9.17, 15) is 0 Å². The largest absolute Gasteiger partial charge is 0.290 e. The van der Waals surface area contributed by atoms with Gasteiger partial charge in [-0.05, 0) is 32.1 Å². The first-order chi connectivity index (χ1) is 11.3. The lowest BCUT2D eigenvalue weighted by Crippen LogP contribution is -2.14. The van der Waals surface area contributed by atoms with Gasteiger partial charge in [0, 0.05) is 0 Å². The minimum absolute atomic E-state index is 0.289. The van der Waals surface area contributed by atoms with E-state index in [1.165, 1.54) is 89.9 Å². The molecule has 0 saturated heterocycles. The van der Waals surface area contributed by atoms with Crippen LogP contribution in [0.3, 0.4) is 0 Å². The molecule has 138 valence electrons. The van der Waals surface area contributed by atoms with Gasteiger partial charge in [-0.3, -0.25) is 10.4 Å². The van der Waals surface area contributed by atoms with Crippen LogP contribution in [0.1, 0.15) is 110 Å². The van der Waals surface area contributed by atoms with Gasteiger partial charge >= 0.3 is 0 Å². The first-order valence-corrected chi connectivity index (χ1v) is 10.1. The van der Waals surface area contributed by atoms with Crippen molar-refractivity contribution < 1.29 is 10.4 Å². The number of unbranched alkanes of at least 4 members (excludes halogenated alkanes) is 14. The Labute approximate surface area is 144 Å². The topological polar surface area (TPSA) is 43.7 Å². The lowest BCUT2D eigenvalue weighted by atomic mass is 10.1. The SMILES string of the molecule is CCCCCCCCCC/C=C\CCCCCCCCN(O)O. The molecule has 0 aliphatic rings. The smallest absolute Gasteiger partial charge is 0.0512 e. The Morgan fingerprint density at radius 2 is 0.957 bits per heavy atom. The van der Waals surface area contributed by atoms with Gasteiger partial charge in [0.25, 0.3) is 0 Å². The van der Waals surface area contributed by atoms with Crippen LogP contribution in [0.4, 0.5) is 0 Å². The van der Waals surface area contributed by atoms with Gasteiger partial charge in [0.15, 0.2) is 0 Å². The molecule has 0 aromatic heterocycles. The molecule has 0 aliphatic carbocycles. The summed E-state index contributed by atoms with van der Waals surface area (Å²) in [4.78, 5) is 0. The molecule has 0 unspecified atom stereocenters. The fraction of sp³-hybridized carbons (Fsp3) is 0.900. The third-order valence-electron chi connectivity index (χ3n) is 4.37. The van der Waals surface area contributed by atoms with Crippen molar-refractivity contribution in [3.05, 3.63) is 12.2 Å². The predicted octanol–water partition coefficient (Wildman–Crippen LogP) is 6.88. The summed E-state index contributed by atoms with van der Waals surface area (Å²) in [5.41, 5.74) is 0. The fourth-order valence-electron chi connectivity index (χ4n) is 2.85. The quantitative estimate of drug-likeness (QED) is 0.164. The summed E-state index contributed by atoms with van der Waals surface area (Å²) in [5, 5.41) is 17.4. The Hall–Kier alpha value is -0.380. The number of rotatable bonds is 18. The van der Waals surface area contributed by atoms with E-state index in [-0.39, 0.29) is 5.23 Å². The molecule has 0 rings (SSSR count). The molecule has 0 amide bonds. The summed E-state index contributed by atoms with van der Waals surface area (Å²) in [6.45, 7) is 2.64. The molecule has 0 heterocycles. The maximum Gasteiger partial charge on any atom is 0.0512 e. The molecular formula is C20H41NO2. The third kappa shape index (κ3) is 21.6. The van der Waals surface area contributed by atoms with Crippen LogP contribution in [-0.2, 0) is 0 Å². The van der Waals surface area contributed by atoms with Crippen LogP contribution in [0.2, 0.25) is 0 Å². The van der Waals surface area contributed by atoms with Crippen LogP contribution in [0.5, 0.6) is 0 Å². The Balaban J connectivity index is 3.06. The van der Waals surface area contributed by atoms with Gasteiger partial charge in [0.2, 0.25) is 0 Å². The number of hydrogen-bond acceptors (Lipinski definition) is 3. The van der Waals surface area contributed by atoms with Crippen LogP contribution in [0, 0.1) is 0 Å². The maximum absolute atomic E-state index is 8.57. The van der Waals surface area contributed by atoms with Crippen LogP contribution in [0.15, 0.2) is 12.2 Å². The van der Waals surface area contributed by atoms with Gasteiger partial charge in [-0.15, -0.1) is 0 Å². The van der Waals surface area contributed by atoms with Crippen molar-refractivity contribution in [2.45, 2.75) is 110 Å². The fourth-order valence-corrected chi connectivity index (χ4v) is 2.85. The highest BCUT2D eigenvalue weighted by Gasteiger charge is 1.94. The molecule has 0 aromatic carbocycles. The van der Waals surface area contributed by atoms with Crippen molar-refractivity contribution >= 4 is 0 Å². The van der Waals surface area contributed by atoms with Crippen LogP contribution in [0.25, 0.3) is 0 Å². The first kappa shape index (κ1) is 22.6. The van der Waals surface area contributed by atoms with Gasteiger partial charge < -0.3 is 0 Å². The van der Waals surface area contributed by atoms with Crippen LogP contribution in [-0.4, -0.2) is 22.2 Å². The second-order valence-electron chi connectivity index (χ2n) is 6.74. The summed E-state index contributed by atoms with van der Waals surface area (Å²) < 4.78 is 0. The standard InChI is InChI=1S/C20H41NO2/c1-2-3-4-5-6-7-8-9-10-11-12-13-14-15-16-17-18-19-20-21(22)23/h11-12,22-23H,2-10,13-20H2,1H3/b12-11-. The first-order valence-electron chi connectivity index (χ1n) is 10.1. The molecule has 0 bridgehead atoms. The third-order valence-corrected chi connectivity index (χ3v) is 4.37. The Kier molecular flexibility index (Phi) is 19.3. The minimum atomic E-state index is 0.289. The van der Waals surface area contributed by atoms with E-state index in [4.69, 9.17) is 10.4 Å². The molecule has 2 N–H and O–H groups in total. The molecule has 0 spiro atoms. The molecule has 0 aromatic rings. The average molecular weight is 328 g/mol. The van der Waals surface area contributed by atoms with E-state index < -0.39 is 0 Å². The maximum atomic E-state index is 8.57. The van der Waals surface area contributed by atoms with Crippen molar-refractivity contribution in [1.29, 1.82) is 0 Å². The lowest BCUT2D eigenvalue weighted by Gasteiger charge is -2.05. The second kappa shape index (κ2) is 19.7. The zero-order valence-electron chi connectivity index (χ0n) is 15.5. The molecule has 3 nitrogen and oxygen atoms in total. The molecule has 0 saturated carbocycles. The van der Waals surface area contributed by atoms with E-state index in [0.29, 0.717) is 6.54 Å². The van der Waals surface area contributed by atoms with E-state index in [0.717, 1.165) is 12.8 Å². The van der Waals surface area contributed by atoms with E-state index in [2.05, 4.69) is 19.1 Å². The monoisotopic (exact) mass is 327 g/mol. The van der Waals surface area contributed by atoms with Gasteiger partial charge in [-0.2, -0.15) is 0 Å². The summed E-state index contributed by atoms with van der Waals surface area (Å²) in [7, 11) is 0. The Bertz CT molecular complexity index is 242. The van der Waals surface area contributed by atoms with Crippen molar-refractivity contribution in [1.82, 2.24) is 5.23 Å². The molecule has 0 atom stereocenters. The van der Waals surface area contributed by atoms with E-state index >= 15 is 0 Å². The molecule has 0 aliphatic heterocycles. The molecule has 23 heavy (non-hydrogen) atoms. The normalized spacial score (nSPS) is 11.8. The number of allylic oxidation sites excluding steroid dienone is 2. The van der Waals surface area contributed by atoms with Crippen molar-refractivity contribution in [3.8, 4) is 0 Å². The highest BCUT2D eigenvalue weighted by molar-refractivity contribution is 4.81. The van der Waals surface area contributed by atoms with Crippen molar-refractivity contribution in [2.75, 3.05) is 6.54 Å².